The second kappa shape index (κ2) is 12.9. The van der Waals surface area contributed by atoms with Gasteiger partial charge in [-0.05, 0) is 64.9 Å². The average Bonchev–Trinajstić information content (AvgIpc) is 2.49. The number of hydrogen-bond acceptors (Lipinski definition) is 5. The lowest BCUT2D eigenvalue weighted by molar-refractivity contribution is -0.123. The maximum Gasteiger partial charge on any atom is 0.220 e. The molecule has 0 saturated carbocycles. The minimum atomic E-state index is -0.317. The van der Waals surface area contributed by atoms with Gasteiger partial charge in [-0.3, -0.25) is 9.59 Å². The van der Waals surface area contributed by atoms with Gasteiger partial charge in [0, 0.05) is 31.5 Å². The van der Waals surface area contributed by atoms with E-state index in [2.05, 4.69) is 35.9 Å². The zero-order chi connectivity index (χ0) is 19.3. The van der Waals surface area contributed by atoms with Gasteiger partial charge in [-0.15, -0.1) is 0 Å². The predicted molar refractivity (Wildman–Crippen MR) is 111 cm³/mol. The largest absolute Gasteiger partial charge is 0.375 e. The Hall–Kier alpha value is -0.400. The lowest BCUT2D eigenvalue weighted by atomic mass is 10.00. The predicted octanol–water partition coefficient (Wildman–Crippen LogP) is 2.99. The first-order chi connectivity index (χ1) is 11.6. The molecular formula is C18H36N2O3S2. The Morgan fingerprint density at radius 1 is 0.920 bits per heavy atom. The molecule has 0 heterocycles. The third-order valence-corrected chi connectivity index (χ3v) is 4.50. The molecule has 2 N–H and O–H groups in total. The van der Waals surface area contributed by atoms with Crippen molar-refractivity contribution in [3.8, 4) is 0 Å². The van der Waals surface area contributed by atoms with E-state index in [-0.39, 0.29) is 23.0 Å². The van der Waals surface area contributed by atoms with Gasteiger partial charge >= 0.3 is 0 Å². The van der Waals surface area contributed by atoms with E-state index in [1.165, 1.54) is 0 Å². The molecule has 0 aliphatic rings. The molecule has 0 fully saturated rings. The summed E-state index contributed by atoms with van der Waals surface area (Å²) < 4.78 is 5.96. The summed E-state index contributed by atoms with van der Waals surface area (Å²) in [5, 5.41) is 5.95. The van der Waals surface area contributed by atoms with Crippen LogP contribution in [0.4, 0.5) is 0 Å². The van der Waals surface area contributed by atoms with Crippen molar-refractivity contribution in [2.75, 3.05) is 24.7 Å². The summed E-state index contributed by atoms with van der Waals surface area (Å²) >= 11 is 8.22. The summed E-state index contributed by atoms with van der Waals surface area (Å²) in [6, 6.07) is 0. The van der Waals surface area contributed by atoms with Crippen molar-refractivity contribution in [1.82, 2.24) is 10.6 Å². The molecule has 148 valence electrons. The number of nitrogens with one attached hydrogen (secondary N) is 2. The number of rotatable bonds is 14. The molecule has 0 aliphatic heterocycles. The molecule has 2 amide bonds. The highest BCUT2D eigenvalue weighted by Crippen LogP contribution is 2.17. The van der Waals surface area contributed by atoms with E-state index in [1.807, 2.05) is 27.7 Å². The second-order valence-corrected chi connectivity index (χ2v) is 8.44. The Balaban J connectivity index is 4.02. The zero-order valence-electron chi connectivity index (χ0n) is 16.2. The molecule has 0 atom stereocenters. The van der Waals surface area contributed by atoms with Crippen LogP contribution in [-0.2, 0) is 14.3 Å². The van der Waals surface area contributed by atoms with Crippen molar-refractivity contribution in [3.63, 3.8) is 0 Å². The van der Waals surface area contributed by atoms with Crippen molar-refractivity contribution >= 4 is 37.1 Å². The zero-order valence-corrected chi connectivity index (χ0v) is 18.0. The molecule has 0 unspecified atom stereocenters. The molecule has 0 bridgehead atoms. The van der Waals surface area contributed by atoms with Gasteiger partial charge in [0.25, 0.3) is 0 Å². The SMILES string of the molecule is CC(C)(CCOC(C)(C)CCNC(=O)CCCS)NC(=O)CCCS. The van der Waals surface area contributed by atoms with E-state index in [0.717, 1.165) is 37.2 Å². The molecule has 5 nitrogen and oxygen atoms in total. The maximum absolute atomic E-state index is 11.8. The summed E-state index contributed by atoms with van der Waals surface area (Å²) in [4.78, 5) is 23.4. The maximum atomic E-state index is 11.8. The molecule has 0 saturated heterocycles. The molecule has 25 heavy (non-hydrogen) atoms. The van der Waals surface area contributed by atoms with Gasteiger partial charge in [-0.25, -0.2) is 0 Å². The molecule has 0 aromatic carbocycles. The Labute approximate surface area is 164 Å². The molecule has 0 aromatic rings. The van der Waals surface area contributed by atoms with Gasteiger partial charge < -0.3 is 15.4 Å². The average molecular weight is 393 g/mol. The number of carbonyl (C=O) groups is 2. The molecular weight excluding hydrogens is 356 g/mol. The Kier molecular flexibility index (Phi) is 12.7. The van der Waals surface area contributed by atoms with E-state index in [1.54, 1.807) is 0 Å². The Morgan fingerprint density at radius 3 is 2.04 bits per heavy atom. The van der Waals surface area contributed by atoms with Gasteiger partial charge in [-0.1, -0.05) is 0 Å². The van der Waals surface area contributed by atoms with E-state index in [4.69, 9.17) is 4.74 Å². The fourth-order valence-electron chi connectivity index (χ4n) is 2.23. The van der Waals surface area contributed by atoms with Gasteiger partial charge in [0.2, 0.25) is 11.8 Å². The van der Waals surface area contributed by atoms with Crippen LogP contribution in [0.3, 0.4) is 0 Å². The van der Waals surface area contributed by atoms with Crippen LogP contribution in [0.15, 0.2) is 0 Å². The Morgan fingerprint density at radius 2 is 1.48 bits per heavy atom. The number of amides is 2. The van der Waals surface area contributed by atoms with Crippen molar-refractivity contribution < 1.29 is 14.3 Å². The first kappa shape index (κ1) is 24.6. The van der Waals surface area contributed by atoms with E-state index in [9.17, 15) is 9.59 Å². The Bertz CT molecular complexity index is 402. The van der Waals surface area contributed by atoms with Gasteiger partial charge in [0.15, 0.2) is 0 Å². The normalized spacial score (nSPS) is 12.1. The quantitative estimate of drug-likeness (QED) is 0.344. The molecule has 0 spiro atoms. The monoisotopic (exact) mass is 392 g/mol. The van der Waals surface area contributed by atoms with Crippen LogP contribution in [0.5, 0.6) is 0 Å². The van der Waals surface area contributed by atoms with Crippen LogP contribution in [0, 0.1) is 0 Å². The number of carbonyl (C=O) groups excluding carboxylic acids is 2. The molecule has 0 aliphatic carbocycles. The van der Waals surface area contributed by atoms with Crippen LogP contribution >= 0.6 is 25.3 Å². The first-order valence-electron chi connectivity index (χ1n) is 9.05. The topological polar surface area (TPSA) is 67.4 Å². The van der Waals surface area contributed by atoms with Crippen LogP contribution in [0.1, 0.15) is 66.2 Å². The van der Waals surface area contributed by atoms with Crippen LogP contribution < -0.4 is 10.6 Å². The van der Waals surface area contributed by atoms with Crippen molar-refractivity contribution in [3.05, 3.63) is 0 Å². The highest BCUT2D eigenvalue weighted by Gasteiger charge is 2.23. The standard InChI is InChI=1S/C18H36N2O3S2/c1-17(2,20-16(22)8-6-14-25)10-12-23-18(3,4)9-11-19-15(21)7-5-13-24/h24-25H,5-14H2,1-4H3,(H,19,21)(H,20,22). The van der Waals surface area contributed by atoms with Gasteiger partial charge in [-0.2, -0.15) is 25.3 Å². The minimum Gasteiger partial charge on any atom is -0.375 e. The van der Waals surface area contributed by atoms with Crippen molar-refractivity contribution in [2.45, 2.75) is 77.4 Å². The highest BCUT2D eigenvalue weighted by molar-refractivity contribution is 7.80. The third kappa shape index (κ3) is 14.5. The summed E-state index contributed by atoms with van der Waals surface area (Å²) in [6.45, 7) is 9.20. The smallest absolute Gasteiger partial charge is 0.220 e. The summed E-state index contributed by atoms with van der Waals surface area (Å²) in [6.07, 6.45) is 4.09. The lowest BCUT2D eigenvalue weighted by Gasteiger charge is -2.30. The molecule has 7 heteroatoms. The summed E-state index contributed by atoms with van der Waals surface area (Å²) in [7, 11) is 0. The van der Waals surface area contributed by atoms with Crippen molar-refractivity contribution in [1.29, 1.82) is 0 Å². The van der Waals surface area contributed by atoms with Crippen LogP contribution in [0.2, 0.25) is 0 Å². The third-order valence-electron chi connectivity index (χ3n) is 3.87. The molecule has 0 aromatic heterocycles. The molecule has 0 radical (unpaired) electrons. The summed E-state index contributed by atoms with van der Waals surface area (Å²) in [5.41, 5.74) is -0.617. The number of thiol groups is 2. The lowest BCUT2D eigenvalue weighted by Crippen LogP contribution is -2.44. The first-order valence-corrected chi connectivity index (χ1v) is 10.3. The van der Waals surface area contributed by atoms with Crippen LogP contribution in [0.25, 0.3) is 0 Å². The van der Waals surface area contributed by atoms with E-state index in [0.29, 0.717) is 26.0 Å². The van der Waals surface area contributed by atoms with E-state index < -0.39 is 0 Å². The minimum absolute atomic E-state index is 0.0576. The van der Waals surface area contributed by atoms with E-state index >= 15 is 0 Å². The van der Waals surface area contributed by atoms with Gasteiger partial charge in [0.1, 0.15) is 0 Å². The van der Waals surface area contributed by atoms with Gasteiger partial charge in [0.05, 0.1) is 5.60 Å². The highest BCUT2D eigenvalue weighted by atomic mass is 32.1. The van der Waals surface area contributed by atoms with Crippen molar-refractivity contribution in [2.24, 2.45) is 0 Å². The fraction of sp³-hybridized carbons (Fsp3) is 0.889. The fourth-order valence-corrected chi connectivity index (χ4v) is 2.54. The number of ether oxygens (including phenoxy) is 1. The van der Waals surface area contributed by atoms with Crippen LogP contribution in [-0.4, -0.2) is 47.6 Å². The second-order valence-electron chi connectivity index (χ2n) is 7.54. The number of hydrogen-bond donors (Lipinski definition) is 4. The summed E-state index contributed by atoms with van der Waals surface area (Å²) in [5.74, 6) is 1.57. The molecule has 0 rings (SSSR count).